The third-order valence-electron chi connectivity index (χ3n) is 2.71. The van der Waals surface area contributed by atoms with Crippen LogP contribution >= 0.6 is 11.6 Å². The quantitative estimate of drug-likeness (QED) is 0.793. The van der Waals surface area contributed by atoms with Gasteiger partial charge in [-0.1, -0.05) is 29.8 Å². The summed E-state index contributed by atoms with van der Waals surface area (Å²) < 4.78 is 0. The molecule has 0 saturated carbocycles. The largest absolute Gasteiger partial charge is 0.355 e. The van der Waals surface area contributed by atoms with Gasteiger partial charge in [-0.15, -0.1) is 0 Å². The van der Waals surface area contributed by atoms with Crippen molar-refractivity contribution in [2.45, 2.75) is 20.4 Å². The van der Waals surface area contributed by atoms with Crippen molar-refractivity contribution >= 4 is 17.4 Å². The minimum absolute atomic E-state index is 0.293. The summed E-state index contributed by atoms with van der Waals surface area (Å²) in [5.74, 6) is 0.842. The van der Waals surface area contributed by atoms with Crippen molar-refractivity contribution in [3.8, 4) is 0 Å². The summed E-state index contributed by atoms with van der Waals surface area (Å²) in [5, 5.41) is 0.293. The Morgan fingerprint density at radius 1 is 1.17 bits per heavy atom. The molecule has 0 unspecified atom stereocenters. The van der Waals surface area contributed by atoms with Crippen molar-refractivity contribution in [1.29, 1.82) is 0 Å². The maximum absolute atomic E-state index is 5.87. The highest BCUT2D eigenvalue weighted by atomic mass is 35.5. The smallest absolute Gasteiger partial charge is 0.224 e. The zero-order valence-electron chi connectivity index (χ0n) is 10.8. The van der Waals surface area contributed by atoms with E-state index in [1.807, 2.05) is 20.0 Å². The lowest BCUT2D eigenvalue weighted by molar-refractivity contribution is 0.885. The molecule has 3 nitrogen and oxygen atoms in total. The molecule has 0 spiro atoms. The van der Waals surface area contributed by atoms with E-state index in [2.05, 4.69) is 46.1 Å². The van der Waals surface area contributed by atoms with Crippen LogP contribution in [0.5, 0.6) is 0 Å². The lowest BCUT2D eigenvalue weighted by Crippen LogP contribution is -2.18. The fourth-order valence-corrected chi connectivity index (χ4v) is 2.10. The molecular formula is C14H16ClN3. The Labute approximate surface area is 112 Å². The molecule has 0 aliphatic carbocycles. The average Bonchev–Trinajstić information content (AvgIpc) is 2.27. The van der Waals surface area contributed by atoms with Crippen LogP contribution in [0.4, 0.5) is 5.82 Å². The van der Waals surface area contributed by atoms with Crippen LogP contribution in [0.1, 0.15) is 16.8 Å². The molecule has 0 radical (unpaired) electrons. The van der Waals surface area contributed by atoms with Crippen molar-refractivity contribution < 1.29 is 0 Å². The van der Waals surface area contributed by atoms with E-state index < -0.39 is 0 Å². The van der Waals surface area contributed by atoms with Gasteiger partial charge in [-0.2, -0.15) is 0 Å². The van der Waals surface area contributed by atoms with Crippen LogP contribution in [0.3, 0.4) is 0 Å². The highest BCUT2D eigenvalue weighted by molar-refractivity contribution is 6.28. The molecule has 4 heteroatoms. The number of rotatable bonds is 3. The lowest BCUT2D eigenvalue weighted by atomic mass is 10.1. The molecular weight excluding hydrogens is 246 g/mol. The Balaban J connectivity index is 2.19. The predicted octanol–water partition coefficient (Wildman–Crippen LogP) is 3.38. The van der Waals surface area contributed by atoms with Crippen molar-refractivity contribution in [1.82, 2.24) is 9.97 Å². The number of halogens is 1. The summed E-state index contributed by atoms with van der Waals surface area (Å²) >= 11 is 5.87. The van der Waals surface area contributed by atoms with Gasteiger partial charge in [-0.3, -0.25) is 0 Å². The fraction of sp³-hybridized carbons (Fsp3) is 0.286. The molecule has 18 heavy (non-hydrogen) atoms. The highest BCUT2D eigenvalue weighted by Gasteiger charge is 2.06. The summed E-state index contributed by atoms with van der Waals surface area (Å²) in [6, 6.07) is 10.4. The van der Waals surface area contributed by atoms with Gasteiger partial charge >= 0.3 is 0 Å². The van der Waals surface area contributed by atoms with Crippen LogP contribution in [-0.4, -0.2) is 17.0 Å². The van der Waals surface area contributed by atoms with E-state index >= 15 is 0 Å². The monoisotopic (exact) mass is 261 g/mol. The molecule has 1 aromatic carbocycles. The van der Waals surface area contributed by atoms with Crippen molar-refractivity contribution in [3.05, 3.63) is 52.4 Å². The van der Waals surface area contributed by atoms with Crippen LogP contribution in [-0.2, 0) is 6.54 Å². The van der Waals surface area contributed by atoms with Gasteiger partial charge in [0.15, 0.2) is 0 Å². The van der Waals surface area contributed by atoms with E-state index in [0.717, 1.165) is 18.1 Å². The van der Waals surface area contributed by atoms with Crippen LogP contribution in [0.2, 0.25) is 5.28 Å². The maximum Gasteiger partial charge on any atom is 0.224 e. The van der Waals surface area contributed by atoms with Gasteiger partial charge in [0.2, 0.25) is 5.28 Å². The minimum atomic E-state index is 0.293. The zero-order valence-corrected chi connectivity index (χ0v) is 11.6. The summed E-state index contributed by atoms with van der Waals surface area (Å²) in [5.41, 5.74) is 3.39. The van der Waals surface area contributed by atoms with E-state index in [1.165, 1.54) is 11.1 Å². The van der Waals surface area contributed by atoms with Crippen molar-refractivity contribution in [2.24, 2.45) is 0 Å². The number of hydrogen-bond donors (Lipinski definition) is 0. The molecule has 0 aliphatic rings. The second kappa shape index (κ2) is 5.36. The first-order valence-corrected chi connectivity index (χ1v) is 6.20. The standard InChI is InChI=1S/C14H16ClN3/c1-10-5-4-6-12(7-10)9-18(3)13-8-11(2)16-14(15)17-13/h4-8H,9H2,1-3H3. The van der Waals surface area contributed by atoms with Crippen LogP contribution in [0.15, 0.2) is 30.3 Å². The molecule has 0 bridgehead atoms. The number of benzene rings is 1. The number of anilines is 1. The Bertz CT molecular complexity index is 534. The molecule has 0 amide bonds. The second-order valence-corrected chi connectivity index (χ2v) is 4.82. The SMILES string of the molecule is Cc1cccc(CN(C)c2cc(C)nc(Cl)n2)c1. The van der Waals surface area contributed by atoms with E-state index in [-0.39, 0.29) is 0 Å². The number of nitrogens with zero attached hydrogens (tertiary/aromatic N) is 3. The summed E-state index contributed by atoms with van der Waals surface area (Å²) in [6.07, 6.45) is 0. The van der Waals surface area contributed by atoms with E-state index in [9.17, 15) is 0 Å². The molecule has 1 heterocycles. The first-order valence-electron chi connectivity index (χ1n) is 5.82. The number of aromatic nitrogens is 2. The minimum Gasteiger partial charge on any atom is -0.355 e. The zero-order chi connectivity index (χ0) is 13.1. The van der Waals surface area contributed by atoms with E-state index in [4.69, 9.17) is 11.6 Å². The average molecular weight is 262 g/mol. The number of aryl methyl sites for hydroxylation is 2. The van der Waals surface area contributed by atoms with Gasteiger partial charge < -0.3 is 4.90 Å². The molecule has 0 fully saturated rings. The van der Waals surface area contributed by atoms with Crippen molar-refractivity contribution in [3.63, 3.8) is 0 Å². The third kappa shape index (κ3) is 3.20. The molecule has 94 valence electrons. The Hall–Kier alpha value is -1.61. The van der Waals surface area contributed by atoms with Crippen LogP contribution in [0, 0.1) is 13.8 Å². The maximum atomic E-state index is 5.87. The molecule has 2 aromatic rings. The predicted molar refractivity (Wildman–Crippen MR) is 75.1 cm³/mol. The fourth-order valence-electron chi connectivity index (χ4n) is 1.88. The summed E-state index contributed by atoms with van der Waals surface area (Å²) in [4.78, 5) is 10.4. The van der Waals surface area contributed by atoms with Gasteiger partial charge in [0.1, 0.15) is 5.82 Å². The highest BCUT2D eigenvalue weighted by Crippen LogP contribution is 2.16. The number of hydrogen-bond acceptors (Lipinski definition) is 3. The summed E-state index contributed by atoms with van der Waals surface area (Å²) in [6.45, 7) is 4.81. The summed E-state index contributed by atoms with van der Waals surface area (Å²) in [7, 11) is 2.00. The lowest BCUT2D eigenvalue weighted by Gasteiger charge is -2.18. The van der Waals surface area contributed by atoms with Crippen LogP contribution < -0.4 is 4.90 Å². The molecule has 0 aliphatic heterocycles. The van der Waals surface area contributed by atoms with Gasteiger partial charge in [0, 0.05) is 25.4 Å². The normalized spacial score (nSPS) is 10.4. The molecule has 2 rings (SSSR count). The Morgan fingerprint density at radius 2 is 1.94 bits per heavy atom. The first kappa shape index (κ1) is 12.8. The van der Waals surface area contributed by atoms with Gasteiger partial charge in [-0.05, 0) is 31.0 Å². The van der Waals surface area contributed by atoms with Crippen LogP contribution in [0.25, 0.3) is 0 Å². The molecule has 0 atom stereocenters. The second-order valence-electron chi connectivity index (χ2n) is 4.48. The Kier molecular flexibility index (Phi) is 3.82. The van der Waals surface area contributed by atoms with E-state index in [0.29, 0.717) is 5.28 Å². The molecule has 0 N–H and O–H groups in total. The third-order valence-corrected chi connectivity index (χ3v) is 2.88. The first-order chi connectivity index (χ1) is 8.54. The topological polar surface area (TPSA) is 29.0 Å². The van der Waals surface area contributed by atoms with Gasteiger partial charge in [-0.25, -0.2) is 9.97 Å². The molecule has 1 aromatic heterocycles. The van der Waals surface area contributed by atoms with E-state index in [1.54, 1.807) is 0 Å². The molecule has 0 saturated heterocycles. The Morgan fingerprint density at radius 3 is 2.61 bits per heavy atom. The van der Waals surface area contributed by atoms with Gasteiger partial charge in [0.25, 0.3) is 0 Å². The van der Waals surface area contributed by atoms with Crippen molar-refractivity contribution in [2.75, 3.05) is 11.9 Å². The van der Waals surface area contributed by atoms with Gasteiger partial charge in [0.05, 0.1) is 0 Å².